The highest BCUT2D eigenvalue weighted by atomic mass is 16.5. The zero-order valence-corrected chi connectivity index (χ0v) is 12.4. The van der Waals surface area contributed by atoms with Crippen LogP contribution in [0.5, 0.6) is 0 Å². The van der Waals surface area contributed by atoms with E-state index < -0.39 is 0 Å². The van der Waals surface area contributed by atoms with Crippen molar-refractivity contribution in [2.24, 2.45) is 5.41 Å². The first-order chi connectivity index (χ1) is 9.24. The van der Waals surface area contributed by atoms with Gasteiger partial charge in [-0.15, -0.1) is 0 Å². The number of rotatable bonds is 7. The Kier molecular flexibility index (Phi) is 5.63. The summed E-state index contributed by atoms with van der Waals surface area (Å²) in [5, 5.41) is 13.3. The van der Waals surface area contributed by atoms with Crippen molar-refractivity contribution in [1.82, 2.24) is 5.32 Å². The van der Waals surface area contributed by atoms with Crippen LogP contribution in [0.2, 0.25) is 0 Å². The van der Waals surface area contributed by atoms with Gasteiger partial charge in [0.25, 0.3) is 0 Å². The summed E-state index contributed by atoms with van der Waals surface area (Å²) in [5.41, 5.74) is 0.104. The molecule has 3 unspecified atom stereocenters. The monoisotopic (exact) mass is 271 g/mol. The standard InChI is InChI=1S/C15H29NO3/c1-3-19-13-9-12(14(13)18-2)16-10-15(11-17)7-5-4-6-8-15/h12-14,16-17H,3-11H2,1-2H3. The van der Waals surface area contributed by atoms with Gasteiger partial charge in [0.2, 0.25) is 0 Å². The Bertz CT molecular complexity index is 266. The first-order valence-electron chi connectivity index (χ1n) is 7.73. The van der Waals surface area contributed by atoms with Crippen LogP contribution in [0.3, 0.4) is 0 Å². The molecule has 0 spiro atoms. The summed E-state index contributed by atoms with van der Waals surface area (Å²) in [5.74, 6) is 0. The number of nitrogens with one attached hydrogen (secondary N) is 1. The minimum atomic E-state index is 0.104. The lowest BCUT2D eigenvalue weighted by molar-refractivity contribution is -0.133. The van der Waals surface area contributed by atoms with Gasteiger partial charge in [0.1, 0.15) is 0 Å². The van der Waals surface area contributed by atoms with Crippen LogP contribution in [0.4, 0.5) is 0 Å². The fourth-order valence-electron chi connectivity index (χ4n) is 3.51. The average Bonchev–Trinajstić information content (AvgIpc) is 2.43. The number of hydrogen-bond donors (Lipinski definition) is 2. The number of aliphatic hydroxyl groups is 1. The van der Waals surface area contributed by atoms with Crippen molar-refractivity contribution in [3.8, 4) is 0 Å². The molecule has 0 saturated heterocycles. The van der Waals surface area contributed by atoms with Crippen molar-refractivity contribution in [2.45, 2.75) is 63.7 Å². The average molecular weight is 271 g/mol. The van der Waals surface area contributed by atoms with E-state index in [9.17, 15) is 5.11 Å². The molecule has 2 saturated carbocycles. The quantitative estimate of drug-likeness (QED) is 0.740. The largest absolute Gasteiger partial charge is 0.396 e. The molecule has 19 heavy (non-hydrogen) atoms. The second-order valence-corrected chi connectivity index (χ2v) is 6.14. The van der Waals surface area contributed by atoms with E-state index in [0.29, 0.717) is 12.6 Å². The van der Waals surface area contributed by atoms with E-state index in [1.165, 1.54) is 19.3 Å². The summed E-state index contributed by atoms with van der Waals surface area (Å²) in [4.78, 5) is 0. The van der Waals surface area contributed by atoms with E-state index in [-0.39, 0.29) is 17.6 Å². The Hall–Kier alpha value is -0.160. The highest BCUT2D eigenvalue weighted by molar-refractivity contribution is 4.98. The molecule has 112 valence electrons. The third-order valence-corrected chi connectivity index (χ3v) is 4.89. The summed E-state index contributed by atoms with van der Waals surface area (Å²) >= 11 is 0. The lowest BCUT2D eigenvalue weighted by Gasteiger charge is -2.46. The van der Waals surface area contributed by atoms with Gasteiger partial charge in [-0.2, -0.15) is 0 Å². The normalized spacial score (nSPS) is 33.9. The summed E-state index contributed by atoms with van der Waals surface area (Å²) in [6.45, 7) is 3.99. The van der Waals surface area contributed by atoms with Crippen molar-refractivity contribution >= 4 is 0 Å². The van der Waals surface area contributed by atoms with Gasteiger partial charge in [-0.05, 0) is 26.2 Å². The van der Waals surface area contributed by atoms with Crippen LogP contribution in [-0.2, 0) is 9.47 Å². The van der Waals surface area contributed by atoms with Gasteiger partial charge < -0.3 is 19.9 Å². The van der Waals surface area contributed by atoms with Gasteiger partial charge >= 0.3 is 0 Å². The van der Waals surface area contributed by atoms with Gasteiger partial charge in [-0.1, -0.05) is 19.3 Å². The van der Waals surface area contributed by atoms with Crippen molar-refractivity contribution in [2.75, 3.05) is 26.9 Å². The summed E-state index contributed by atoms with van der Waals surface area (Å²) in [6, 6.07) is 0.381. The molecule has 0 aromatic rings. The number of aliphatic hydroxyl groups excluding tert-OH is 1. The van der Waals surface area contributed by atoms with Crippen LogP contribution < -0.4 is 5.32 Å². The molecule has 0 aliphatic heterocycles. The number of hydrogen-bond acceptors (Lipinski definition) is 4. The van der Waals surface area contributed by atoms with E-state index >= 15 is 0 Å². The van der Waals surface area contributed by atoms with Crippen LogP contribution in [0.15, 0.2) is 0 Å². The maximum Gasteiger partial charge on any atom is 0.0986 e. The maximum atomic E-state index is 9.71. The lowest BCUT2D eigenvalue weighted by Crippen LogP contribution is -2.61. The molecular weight excluding hydrogens is 242 g/mol. The minimum absolute atomic E-state index is 0.104. The topological polar surface area (TPSA) is 50.7 Å². The summed E-state index contributed by atoms with van der Waals surface area (Å²) in [6.07, 6.45) is 7.55. The van der Waals surface area contributed by atoms with Crippen molar-refractivity contribution in [1.29, 1.82) is 0 Å². The smallest absolute Gasteiger partial charge is 0.0986 e. The Labute approximate surface area is 116 Å². The summed E-state index contributed by atoms with van der Waals surface area (Å²) in [7, 11) is 1.76. The molecule has 4 nitrogen and oxygen atoms in total. The van der Waals surface area contributed by atoms with Crippen molar-refractivity contribution in [3.05, 3.63) is 0 Å². The molecule has 2 rings (SSSR count). The molecule has 0 radical (unpaired) electrons. The van der Waals surface area contributed by atoms with E-state index in [4.69, 9.17) is 9.47 Å². The van der Waals surface area contributed by atoms with E-state index in [0.717, 1.165) is 32.4 Å². The third kappa shape index (κ3) is 3.48. The highest BCUT2D eigenvalue weighted by Crippen LogP contribution is 2.36. The van der Waals surface area contributed by atoms with Crippen LogP contribution in [0.1, 0.15) is 45.4 Å². The van der Waals surface area contributed by atoms with E-state index in [1.807, 2.05) is 6.92 Å². The predicted molar refractivity (Wildman–Crippen MR) is 75.2 cm³/mol. The van der Waals surface area contributed by atoms with Crippen molar-refractivity contribution < 1.29 is 14.6 Å². The predicted octanol–water partition coefficient (Wildman–Crippen LogP) is 1.71. The number of methoxy groups -OCH3 is 1. The molecule has 0 aromatic carbocycles. The van der Waals surface area contributed by atoms with E-state index in [2.05, 4.69) is 5.32 Å². The zero-order chi connectivity index (χ0) is 13.7. The number of ether oxygens (including phenoxy) is 2. The van der Waals surface area contributed by atoms with Gasteiger partial charge in [0.05, 0.1) is 12.2 Å². The molecule has 3 atom stereocenters. The van der Waals surface area contributed by atoms with Crippen LogP contribution >= 0.6 is 0 Å². The molecule has 2 fully saturated rings. The van der Waals surface area contributed by atoms with Crippen molar-refractivity contribution in [3.63, 3.8) is 0 Å². The zero-order valence-electron chi connectivity index (χ0n) is 12.4. The second-order valence-electron chi connectivity index (χ2n) is 6.14. The van der Waals surface area contributed by atoms with Crippen LogP contribution in [-0.4, -0.2) is 50.2 Å². The van der Waals surface area contributed by atoms with Gasteiger partial charge in [0, 0.05) is 38.3 Å². The van der Waals surface area contributed by atoms with Gasteiger partial charge in [-0.3, -0.25) is 0 Å². The fourth-order valence-corrected chi connectivity index (χ4v) is 3.51. The highest BCUT2D eigenvalue weighted by Gasteiger charge is 2.43. The Morgan fingerprint density at radius 1 is 1.26 bits per heavy atom. The van der Waals surface area contributed by atoms with E-state index in [1.54, 1.807) is 7.11 Å². The second kappa shape index (κ2) is 7.02. The Morgan fingerprint density at radius 2 is 2.00 bits per heavy atom. The molecule has 0 aromatic heterocycles. The van der Waals surface area contributed by atoms with Gasteiger partial charge in [0.15, 0.2) is 0 Å². The lowest BCUT2D eigenvalue weighted by atomic mass is 9.74. The Morgan fingerprint density at radius 3 is 2.58 bits per heavy atom. The molecule has 0 amide bonds. The van der Waals surface area contributed by atoms with Crippen LogP contribution in [0, 0.1) is 5.41 Å². The first-order valence-corrected chi connectivity index (χ1v) is 7.73. The molecule has 2 aliphatic carbocycles. The molecular formula is C15H29NO3. The summed E-state index contributed by atoms with van der Waals surface area (Å²) < 4.78 is 11.2. The maximum absolute atomic E-state index is 9.71. The minimum Gasteiger partial charge on any atom is -0.396 e. The molecule has 2 aliphatic rings. The SMILES string of the molecule is CCOC1CC(NCC2(CO)CCCCC2)C1OC. The molecule has 0 bridgehead atoms. The first kappa shape index (κ1) is 15.2. The fraction of sp³-hybridized carbons (Fsp3) is 1.00. The molecule has 4 heteroatoms. The van der Waals surface area contributed by atoms with Gasteiger partial charge in [-0.25, -0.2) is 0 Å². The van der Waals surface area contributed by atoms with Crippen LogP contribution in [0.25, 0.3) is 0 Å². The molecule has 2 N–H and O–H groups in total. The molecule has 0 heterocycles. The third-order valence-electron chi connectivity index (χ3n) is 4.89. The Balaban J connectivity index is 1.78.